The lowest BCUT2D eigenvalue weighted by atomic mass is 9.84. The number of rotatable bonds is 5. The molecule has 4 rings (SSSR count). The molecular formula is C22H26N2O3. The van der Waals surface area contributed by atoms with Crippen LogP contribution in [0.5, 0.6) is 5.88 Å². The molecule has 0 radical (unpaired) electrons. The smallest absolute Gasteiger partial charge is 0.223 e. The lowest BCUT2D eigenvalue weighted by molar-refractivity contribution is -0.193. The second-order valence-corrected chi connectivity index (χ2v) is 7.61. The van der Waals surface area contributed by atoms with Crippen molar-refractivity contribution in [2.24, 2.45) is 0 Å². The van der Waals surface area contributed by atoms with Crippen LogP contribution in [0.2, 0.25) is 0 Å². The van der Waals surface area contributed by atoms with E-state index in [9.17, 15) is 4.79 Å². The Balaban J connectivity index is 1.27. The normalized spacial score (nSPS) is 20.9. The number of aryl methyl sites for hydroxylation is 2. The molecule has 3 heterocycles. The van der Waals surface area contributed by atoms with Crippen molar-refractivity contribution in [1.29, 1.82) is 0 Å². The molecule has 1 aromatic carbocycles. The molecular weight excluding hydrogens is 340 g/mol. The van der Waals surface area contributed by atoms with Crippen LogP contribution >= 0.6 is 0 Å². The molecule has 27 heavy (non-hydrogen) atoms. The van der Waals surface area contributed by atoms with Crippen LogP contribution in [-0.2, 0) is 16.0 Å². The fourth-order valence-corrected chi connectivity index (χ4v) is 4.01. The van der Waals surface area contributed by atoms with Gasteiger partial charge < -0.3 is 14.4 Å². The summed E-state index contributed by atoms with van der Waals surface area (Å²) in [6.07, 6.45) is 4.85. The first-order valence-corrected chi connectivity index (χ1v) is 9.67. The van der Waals surface area contributed by atoms with Crippen LogP contribution in [0.15, 0.2) is 48.7 Å². The van der Waals surface area contributed by atoms with Crippen molar-refractivity contribution in [2.75, 3.05) is 19.7 Å². The second-order valence-electron chi connectivity index (χ2n) is 7.61. The van der Waals surface area contributed by atoms with Gasteiger partial charge in [0.2, 0.25) is 11.8 Å². The zero-order valence-corrected chi connectivity index (χ0v) is 15.8. The summed E-state index contributed by atoms with van der Waals surface area (Å²) in [7, 11) is 0. The van der Waals surface area contributed by atoms with Gasteiger partial charge in [-0.25, -0.2) is 4.98 Å². The SMILES string of the molecule is Cc1ccccc1CCC(=O)N1CC2(C[C@@H](Oc3ccccn3)CCO2)C1. The Hall–Kier alpha value is -2.40. The van der Waals surface area contributed by atoms with Gasteiger partial charge in [-0.05, 0) is 30.5 Å². The van der Waals surface area contributed by atoms with Crippen molar-refractivity contribution in [3.05, 3.63) is 59.8 Å². The van der Waals surface area contributed by atoms with E-state index < -0.39 is 0 Å². The molecule has 142 valence electrons. The summed E-state index contributed by atoms with van der Waals surface area (Å²) in [6.45, 7) is 4.10. The summed E-state index contributed by atoms with van der Waals surface area (Å²) < 4.78 is 12.0. The minimum Gasteiger partial charge on any atom is -0.474 e. The van der Waals surface area contributed by atoms with E-state index in [0.717, 1.165) is 19.3 Å². The minimum absolute atomic E-state index is 0.0953. The summed E-state index contributed by atoms with van der Waals surface area (Å²) in [5.41, 5.74) is 2.25. The Morgan fingerprint density at radius 1 is 1.26 bits per heavy atom. The van der Waals surface area contributed by atoms with Crippen molar-refractivity contribution in [3.63, 3.8) is 0 Å². The standard InChI is InChI=1S/C22H26N2O3/c1-17-6-2-3-7-18(17)9-10-21(25)24-15-22(16-24)14-19(11-13-26-22)27-20-8-4-5-12-23-20/h2-8,12,19H,9-11,13-16H2,1H3/t19-/m0/s1. The first kappa shape index (κ1) is 18.0. The topological polar surface area (TPSA) is 51.7 Å². The lowest BCUT2D eigenvalue weighted by Gasteiger charge is -2.52. The van der Waals surface area contributed by atoms with Gasteiger partial charge in [-0.2, -0.15) is 0 Å². The average molecular weight is 366 g/mol. The van der Waals surface area contributed by atoms with E-state index in [-0.39, 0.29) is 17.6 Å². The lowest BCUT2D eigenvalue weighted by Crippen LogP contribution is -2.67. The molecule has 0 unspecified atom stereocenters. The fourth-order valence-electron chi connectivity index (χ4n) is 4.01. The largest absolute Gasteiger partial charge is 0.474 e. The maximum absolute atomic E-state index is 12.5. The van der Waals surface area contributed by atoms with Crippen LogP contribution in [-0.4, -0.2) is 47.2 Å². The summed E-state index contributed by atoms with van der Waals surface area (Å²) in [5, 5.41) is 0. The Labute approximate surface area is 160 Å². The number of benzene rings is 1. The minimum atomic E-state index is -0.240. The molecule has 0 aliphatic carbocycles. The Bertz CT molecular complexity index is 787. The molecule has 0 N–H and O–H groups in total. The van der Waals surface area contributed by atoms with Crippen LogP contribution < -0.4 is 4.74 Å². The van der Waals surface area contributed by atoms with Gasteiger partial charge in [0.1, 0.15) is 11.7 Å². The zero-order chi connectivity index (χ0) is 18.7. The van der Waals surface area contributed by atoms with Gasteiger partial charge >= 0.3 is 0 Å². The highest BCUT2D eigenvalue weighted by molar-refractivity contribution is 5.77. The van der Waals surface area contributed by atoms with Crippen molar-refractivity contribution in [1.82, 2.24) is 9.88 Å². The number of hydrogen-bond acceptors (Lipinski definition) is 4. The van der Waals surface area contributed by atoms with Crippen molar-refractivity contribution >= 4 is 5.91 Å². The maximum Gasteiger partial charge on any atom is 0.223 e. The van der Waals surface area contributed by atoms with Crippen molar-refractivity contribution in [2.45, 2.75) is 44.3 Å². The molecule has 2 saturated heterocycles. The monoisotopic (exact) mass is 366 g/mol. The Morgan fingerprint density at radius 3 is 2.85 bits per heavy atom. The first-order valence-electron chi connectivity index (χ1n) is 9.67. The molecule has 2 aliphatic rings. The summed E-state index contributed by atoms with van der Waals surface area (Å²) in [5.74, 6) is 0.866. The van der Waals surface area contributed by atoms with E-state index in [4.69, 9.17) is 9.47 Å². The molecule has 1 atom stereocenters. The van der Waals surface area contributed by atoms with E-state index in [2.05, 4.69) is 24.0 Å². The molecule has 2 aliphatic heterocycles. The number of aromatic nitrogens is 1. The van der Waals surface area contributed by atoms with Crippen molar-refractivity contribution < 1.29 is 14.3 Å². The second kappa shape index (κ2) is 7.69. The molecule has 2 aromatic rings. The van der Waals surface area contributed by atoms with E-state index in [1.165, 1.54) is 11.1 Å². The zero-order valence-electron chi connectivity index (χ0n) is 15.8. The molecule has 5 nitrogen and oxygen atoms in total. The summed E-state index contributed by atoms with van der Waals surface area (Å²) >= 11 is 0. The number of pyridine rings is 1. The first-order chi connectivity index (χ1) is 13.1. The van der Waals surface area contributed by atoms with Crippen LogP contribution in [0.3, 0.4) is 0 Å². The van der Waals surface area contributed by atoms with Crippen LogP contribution in [0.25, 0.3) is 0 Å². The number of carbonyl (C=O) groups is 1. The predicted octanol–water partition coefficient (Wildman–Crippen LogP) is 3.16. The maximum atomic E-state index is 12.5. The number of amides is 1. The van der Waals surface area contributed by atoms with E-state index in [0.29, 0.717) is 32.0 Å². The van der Waals surface area contributed by atoms with Crippen LogP contribution in [0, 0.1) is 6.92 Å². The Kier molecular flexibility index (Phi) is 5.12. The number of ether oxygens (including phenoxy) is 2. The fraction of sp³-hybridized carbons (Fsp3) is 0.455. The predicted molar refractivity (Wildman–Crippen MR) is 103 cm³/mol. The number of carbonyl (C=O) groups excluding carboxylic acids is 1. The quantitative estimate of drug-likeness (QED) is 0.816. The molecule has 1 aromatic heterocycles. The van der Waals surface area contributed by atoms with E-state index in [1.54, 1.807) is 6.20 Å². The number of nitrogens with zero attached hydrogens (tertiary/aromatic N) is 2. The van der Waals surface area contributed by atoms with Gasteiger partial charge in [-0.1, -0.05) is 30.3 Å². The molecule has 5 heteroatoms. The molecule has 2 fully saturated rings. The third-order valence-corrected chi connectivity index (χ3v) is 5.55. The molecule has 1 amide bonds. The average Bonchev–Trinajstić information content (AvgIpc) is 2.66. The summed E-state index contributed by atoms with van der Waals surface area (Å²) in [6, 6.07) is 13.9. The molecule has 0 bridgehead atoms. The number of hydrogen-bond donors (Lipinski definition) is 0. The van der Waals surface area contributed by atoms with Gasteiger partial charge in [0, 0.05) is 31.5 Å². The highest BCUT2D eigenvalue weighted by Gasteiger charge is 2.49. The third-order valence-electron chi connectivity index (χ3n) is 5.55. The van der Waals surface area contributed by atoms with Gasteiger partial charge in [-0.3, -0.25) is 4.79 Å². The number of likely N-dealkylation sites (tertiary alicyclic amines) is 1. The van der Waals surface area contributed by atoms with Crippen LogP contribution in [0.4, 0.5) is 0 Å². The van der Waals surface area contributed by atoms with Gasteiger partial charge in [-0.15, -0.1) is 0 Å². The van der Waals surface area contributed by atoms with Gasteiger partial charge in [0.15, 0.2) is 0 Å². The molecule has 0 saturated carbocycles. The Morgan fingerprint density at radius 2 is 2.07 bits per heavy atom. The third kappa shape index (κ3) is 4.14. The van der Waals surface area contributed by atoms with Crippen LogP contribution in [0.1, 0.15) is 30.4 Å². The molecule has 1 spiro atoms. The highest BCUT2D eigenvalue weighted by Crippen LogP contribution is 2.36. The highest BCUT2D eigenvalue weighted by atomic mass is 16.5. The van der Waals surface area contributed by atoms with E-state index in [1.807, 2.05) is 35.2 Å². The van der Waals surface area contributed by atoms with E-state index >= 15 is 0 Å². The van der Waals surface area contributed by atoms with Gasteiger partial charge in [0.25, 0.3) is 0 Å². The summed E-state index contributed by atoms with van der Waals surface area (Å²) in [4.78, 5) is 18.7. The van der Waals surface area contributed by atoms with Crippen molar-refractivity contribution in [3.8, 4) is 5.88 Å². The van der Waals surface area contributed by atoms with Gasteiger partial charge in [0.05, 0.1) is 19.7 Å².